The molecule has 0 spiro atoms. The maximum atomic E-state index is 12.0. The molecule has 6 heteroatoms. The van der Waals surface area contributed by atoms with Crippen molar-refractivity contribution >= 4 is 12.0 Å². The van der Waals surface area contributed by atoms with E-state index in [1.165, 1.54) is 0 Å². The predicted octanol–water partition coefficient (Wildman–Crippen LogP) is 1.52. The highest BCUT2D eigenvalue weighted by Crippen LogP contribution is 2.42. The summed E-state index contributed by atoms with van der Waals surface area (Å²) in [5.74, 6) is -1.35. The van der Waals surface area contributed by atoms with E-state index in [0.29, 0.717) is 13.0 Å². The van der Waals surface area contributed by atoms with Crippen molar-refractivity contribution in [2.75, 3.05) is 6.61 Å². The molecule has 1 fully saturated rings. The molecule has 0 aromatic carbocycles. The predicted molar refractivity (Wildman–Crippen MR) is 77.9 cm³/mol. The van der Waals surface area contributed by atoms with E-state index in [1.54, 1.807) is 12.2 Å². The molecular formula is C15H24N2O4. The van der Waals surface area contributed by atoms with E-state index in [1.807, 2.05) is 6.92 Å². The zero-order valence-electron chi connectivity index (χ0n) is 12.8. The molecule has 0 aliphatic heterocycles. The van der Waals surface area contributed by atoms with E-state index in [2.05, 4.69) is 24.5 Å². The summed E-state index contributed by atoms with van der Waals surface area (Å²) in [5, 5.41) is 14.7. The van der Waals surface area contributed by atoms with Crippen LogP contribution in [0.1, 0.15) is 33.6 Å². The molecule has 2 aliphatic carbocycles. The van der Waals surface area contributed by atoms with Crippen molar-refractivity contribution in [3.63, 3.8) is 0 Å². The van der Waals surface area contributed by atoms with Crippen molar-refractivity contribution in [2.24, 2.45) is 11.3 Å². The summed E-state index contributed by atoms with van der Waals surface area (Å²) in [6, 6.07) is -0.379. The van der Waals surface area contributed by atoms with Crippen LogP contribution < -0.4 is 10.6 Å². The summed E-state index contributed by atoms with van der Waals surface area (Å²) in [5.41, 5.74) is -0.0809. The van der Waals surface area contributed by atoms with Crippen LogP contribution in [0.4, 0.5) is 4.79 Å². The summed E-state index contributed by atoms with van der Waals surface area (Å²) in [6.45, 7) is 6.81. The SMILES string of the molecule is CCOC1CC(NC(=O)NC2C=CC(C(=O)O)C2)C1(C)C. The Morgan fingerprint density at radius 3 is 2.52 bits per heavy atom. The lowest BCUT2D eigenvalue weighted by atomic mass is 9.64. The fraction of sp³-hybridized carbons (Fsp3) is 0.733. The van der Waals surface area contributed by atoms with Crippen LogP contribution >= 0.6 is 0 Å². The first kappa shape index (κ1) is 15.8. The molecule has 1 saturated carbocycles. The zero-order valence-corrected chi connectivity index (χ0v) is 12.8. The van der Waals surface area contributed by atoms with Crippen LogP contribution in [0.5, 0.6) is 0 Å². The maximum absolute atomic E-state index is 12.0. The van der Waals surface area contributed by atoms with Crippen molar-refractivity contribution < 1.29 is 19.4 Å². The Hall–Kier alpha value is -1.56. The van der Waals surface area contributed by atoms with Gasteiger partial charge in [-0.15, -0.1) is 0 Å². The number of carbonyl (C=O) groups is 2. The number of hydrogen-bond donors (Lipinski definition) is 3. The van der Waals surface area contributed by atoms with Crippen LogP contribution in [0.15, 0.2) is 12.2 Å². The van der Waals surface area contributed by atoms with E-state index >= 15 is 0 Å². The third kappa shape index (κ3) is 3.37. The first-order chi connectivity index (χ1) is 9.84. The van der Waals surface area contributed by atoms with Gasteiger partial charge in [0.2, 0.25) is 0 Å². The third-order valence-electron chi connectivity index (χ3n) is 4.57. The van der Waals surface area contributed by atoms with Gasteiger partial charge in [0.25, 0.3) is 0 Å². The molecule has 2 aliphatic rings. The van der Waals surface area contributed by atoms with E-state index in [-0.39, 0.29) is 29.6 Å². The van der Waals surface area contributed by atoms with Crippen molar-refractivity contribution in [3.8, 4) is 0 Å². The van der Waals surface area contributed by atoms with Gasteiger partial charge >= 0.3 is 12.0 Å². The fourth-order valence-electron chi connectivity index (χ4n) is 2.97. The van der Waals surface area contributed by atoms with Gasteiger partial charge in [-0.3, -0.25) is 4.79 Å². The summed E-state index contributed by atoms with van der Waals surface area (Å²) in [4.78, 5) is 22.8. The minimum Gasteiger partial charge on any atom is -0.481 e. The molecule has 4 atom stereocenters. The standard InChI is InChI=1S/C15H24N2O4/c1-4-21-12-8-11(15(12,2)3)17-14(20)16-10-6-5-9(7-10)13(18)19/h5-6,9-12H,4,7-8H2,1-3H3,(H,18,19)(H2,16,17,20). The van der Waals surface area contributed by atoms with Gasteiger partial charge in [-0.25, -0.2) is 4.79 Å². The number of carboxylic acids is 1. The second kappa shape index (κ2) is 6.05. The number of aliphatic carboxylic acids is 1. The highest BCUT2D eigenvalue weighted by atomic mass is 16.5. The van der Waals surface area contributed by atoms with E-state index < -0.39 is 11.9 Å². The lowest BCUT2D eigenvalue weighted by Crippen LogP contribution is -2.63. The molecule has 21 heavy (non-hydrogen) atoms. The van der Waals surface area contributed by atoms with Crippen molar-refractivity contribution in [1.29, 1.82) is 0 Å². The van der Waals surface area contributed by atoms with Crippen LogP contribution in [-0.2, 0) is 9.53 Å². The fourth-order valence-corrected chi connectivity index (χ4v) is 2.97. The minimum absolute atomic E-state index is 0.0784. The Kier molecular flexibility index (Phi) is 4.56. The molecule has 6 nitrogen and oxygen atoms in total. The molecule has 0 radical (unpaired) electrons. The van der Waals surface area contributed by atoms with Crippen molar-refractivity contribution in [3.05, 3.63) is 12.2 Å². The molecule has 0 bridgehead atoms. The second-order valence-electron chi connectivity index (χ2n) is 6.34. The highest BCUT2D eigenvalue weighted by Gasteiger charge is 2.49. The Labute approximate surface area is 124 Å². The topological polar surface area (TPSA) is 87.7 Å². The number of carbonyl (C=O) groups excluding carboxylic acids is 1. The molecule has 3 N–H and O–H groups in total. The monoisotopic (exact) mass is 296 g/mol. The van der Waals surface area contributed by atoms with Crippen LogP contribution in [0.3, 0.4) is 0 Å². The molecular weight excluding hydrogens is 272 g/mol. The maximum Gasteiger partial charge on any atom is 0.315 e. The Morgan fingerprint density at radius 1 is 1.29 bits per heavy atom. The van der Waals surface area contributed by atoms with Gasteiger partial charge in [0.15, 0.2) is 0 Å². The van der Waals surface area contributed by atoms with E-state index in [4.69, 9.17) is 9.84 Å². The first-order valence-corrected chi connectivity index (χ1v) is 7.44. The molecule has 0 saturated heterocycles. The van der Waals surface area contributed by atoms with Gasteiger partial charge in [-0.05, 0) is 19.8 Å². The Morgan fingerprint density at radius 2 is 2.00 bits per heavy atom. The number of amides is 2. The molecule has 118 valence electrons. The van der Waals surface area contributed by atoms with Crippen LogP contribution in [0.2, 0.25) is 0 Å². The number of rotatable bonds is 5. The van der Waals surface area contributed by atoms with Gasteiger partial charge < -0.3 is 20.5 Å². The Balaban J connectivity index is 1.77. The summed E-state index contributed by atoms with van der Waals surface area (Å²) < 4.78 is 5.63. The normalized spacial score (nSPS) is 33.3. The number of hydrogen-bond acceptors (Lipinski definition) is 3. The van der Waals surface area contributed by atoms with Crippen LogP contribution in [0, 0.1) is 11.3 Å². The van der Waals surface area contributed by atoms with E-state index in [9.17, 15) is 9.59 Å². The summed E-state index contributed by atoms with van der Waals surface area (Å²) in [6.07, 6.45) is 4.78. The molecule has 0 heterocycles. The number of ether oxygens (including phenoxy) is 1. The summed E-state index contributed by atoms with van der Waals surface area (Å²) in [7, 11) is 0. The molecule has 2 rings (SSSR count). The second-order valence-corrected chi connectivity index (χ2v) is 6.34. The smallest absolute Gasteiger partial charge is 0.315 e. The first-order valence-electron chi connectivity index (χ1n) is 7.44. The molecule has 4 unspecified atom stereocenters. The number of nitrogens with one attached hydrogen (secondary N) is 2. The number of carboxylic acid groups (broad SMARTS) is 1. The lowest BCUT2D eigenvalue weighted by molar-refractivity contribution is -0.140. The summed E-state index contributed by atoms with van der Waals surface area (Å²) >= 11 is 0. The van der Waals surface area contributed by atoms with Gasteiger partial charge in [0.1, 0.15) is 0 Å². The van der Waals surface area contributed by atoms with Crippen molar-refractivity contribution in [1.82, 2.24) is 10.6 Å². The minimum atomic E-state index is -0.851. The van der Waals surface area contributed by atoms with Crippen LogP contribution in [0.25, 0.3) is 0 Å². The lowest BCUT2D eigenvalue weighted by Gasteiger charge is -2.51. The zero-order chi connectivity index (χ0) is 15.6. The third-order valence-corrected chi connectivity index (χ3v) is 4.57. The molecule has 0 aromatic heterocycles. The number of urea groups is 1. The van der Waals surface area contributed by atoms with Crippen LogP contribution in [-0.4, -0.2) is 41.9 Å². The van der Waals surface area contributed by atoms with E-state index in [0.717, 1.165) is 6.42 Å². The molecule has 2 amide bonds. The highest BCUT2D eigenvalue weighted by molar-refractivity contribution is 5.76. The van der Waals surface area contributed by atoms with Gasteiger partial charge in [-0.2, -0.15) is 0 Å². The van der Waals surface area contributed by atoms with Crippen molar-refractivity contribution in [2.45, 2.75) is 51.8 Å². The van der Waals surface area contributed by atoms with Gasteiger partial charge in [0, 0.05) is 18.1 Å². The average Bonchev–Trinajstić information content (AvgIpc) is 2.86. The Bertz CT molecular complexity index is 447. The van der Waals surface area contributed by atoms with Gasteiger partial charge in [0.05, 0.1) is 18.1 Å². The largest absolute Gasteiger partial charge is 0.481 e. The molecule has 0 aromatic rings. The quantitative estimate of drug-likeness (QED) is 0.671. The van der Waals surface area contributed by atoms with Gasteiger partial charge in [-0.1, -0.05) is 26.0 Å². The average molecular weight is 296 g/mol.